The number of fused-ring (bicyclic) bond motifs is 3. The summed E-state index contributed by atoms with van der Waals surface area (Å²) < 4.78 is 2.63. The molecule has 0 radical (unpaired) electrons. The monoisotopic (exact) mass is 370 g/mol. The summed E-state index contributed by atoms with van der Waals surface area (Å²) in [7, 11) is 0. The van der Waals surface area contributed by atoms with Crippen molar-refractivity contribution in [3.05, 3.63) is 96.0 Å². The normalized spacial score (nSPS) is 11.3. The summed E-state index contributed by atoms with van der Waals surface area (Å²) in [6, 6.07) is 31.9. The molecule has 0 saturated heterocycles. The maximum Gasteiger partial charge on any atom is 0.0433 e. The summed E-state index contributed by atoms with van der Waals surface area (Å²) in [6.45, 7) is 0. The molecule has 0 aliphatic heterocycles. The van der Waals surface area contributed by atoms with Crippen molar-refractivity contribution in [2.24, 2.45) is 0 Å². The largest absolute Gasteiger partial charge is 0.135 e. The standard InChI is InChI=1S/C24H15ClS/c25-19-14-17(16-7-2-1-3-8-16)13-18(15-19)20-10-6-11-22-21-9-4-5-12-23(21)26-24(20)22/h1-15H. The second-order valence-corrected chi connectivity index (χ2v) is 7.86. The fraction of sp³-hybridized carbons (Fsp3) is 0. The predicted octanol–water partition coefficient (Wildman–Crippen LogP) is 8.04. The molecule has 0 atom stereocenters. The van der Waals surface area contributed by atoms with E-state index in [0.29, 0.717) is 0 Å². The van der Waals surface area contributed by atoms with Gasteiger partial charge in [0.15, 0.2) is 0 Å². The molecular weight excluding hydrogens is 356 g/mol. The van der Waals surface area contributed by atoms with Crippen molar-refractivity contribution in [3.63, 3.8) is 0 Å². The Morgan fingerprint density at radius 2 is 1.31 bits per heavy atom. The maximum absolute atomic E-state index is 6.48. The van der Waals surface area contributed by atoms with E-state index in [-0.39, 0.29) is 0 Å². The van der Waals surface area contributed by atoms with E-state index >= 15 is 0 Å². The zero-order valence-corrected chi connectivity index (χ0v) is 15.5. The molecule has 0 saturated carbocycles. The Morgan fingerprint density at radius 3 is 2.19 bits per heavy atom. The van der Waals surface area contributed by atoms with Gasteiger partial charge in [-0.3, -0.25) is 0 Å². The zero-order chi connectivity index (χ0) is 17.5. The summed E-state index contributed by atoms with van der Waals surface area (Å²) in [5.74, 6) is 0. The smallest absolute Gasteiger partial charge is 0.0433 e. The van der Waals surface area contributed by atoms with Gasteiger partial charge in [0.1, 0.15) is 0 Å². The third-order valence-electron chi connectivity index (χ3n) is 4.72. The molecule has 4 aromatic carbocycles. The molecular formula is C24H15ClS. The quantitative estimate of drug-likeness (QED) is 0.295. The molecule has 0 amide bonds. The highest BCUT2D eigenvalue weighted by Crippen LogP contribution is 2.41. The number of benzene rings is 4. The summed E-state index contributed by atoms with van der Waals surface area (Å²) >= 11 is 8.33. The summed E-state index contributed by atoms with van der Waals surface area (Å²) in [5, 5.41) is 3.39. The minimum absolute atomic E-state index is 0.763. The van der Waals surface area contributed by atoms with Crippen LogP contribution in [0.25, 0.3) is 42.4 Å². The van der Waals surface area contributed by atoms with Gasteiger partial charge >= 0.3 is 0 Å². The Kier molecular flexibility index (Phi) is 3.77. The van der Waals surface area contributed by atoms with Crippen molar-refractivity contribution < 1.29 is 0 Å². The van der Waals surface area contributed by atoms with Gasteiger partial charge in [-0.2, -0.15) is 0 Å². The molecule has 0 N–H and O–H groups in total. The molecule has 124 valence electrons. The fourth-order valence-corrected chi connectivity index (χ4v) is 4.99. The molecule has 0 aliphatic carbocycles. The molecule has 26 heavy (non-hydrogen) atoms. The van der Waals surface area contributed by atoms with Crippen molar-refractivity contribution in [3.8, 4) is 22.3 Å². The van der Waals surface area contributed by atoms with E-state index in [1.807, 2.05) is 23.5 Å². The van der Waals surface area contributed by atoms with E-state index in [1.54, 1.807) is 0 Å². The molecule has 1 aromatic heterocycles. The Hall–Kier alpha value is -2.61. The molecule has 5 rings (SSSR count). The van der Waals surface area contributed by atoms with Gasteiger partial charge in [0.25, 0.3) is 0 Å². The van der Waals surface area contributed by atoms with E-state index in [2.05, 4.69) is 78.9 Å². The maximum atomic E-state index is 6.48. The van der Waals surface area contributed by atoms with Crippen molar-refractivity contribution in [1.29, 1.82) is 0 Å². The molecule has 1 heterocycles. The SMILES string of the molecule is Clc1cc(-c2ccccc2)cc(-c2cccc3c2sc2ccccc23)c1. The zero-order valence-electron chi connectivity index (χ0n) is 13.9. The van der Waals surface area contributed by atoms with Gasteiger partial charge in [-0.1, -0.05) is 78.3 Å². The lowest BCUT2D eigenvalue weighted by Gasteiger charge is -2.09. The van der Waals surface area contributed by atoms with Crippen LogP contribution in [0.15, 0.2) is 91.0 Å². The molecule has 0 spiro atoms. The number of halogens is 1. The number of hydrogen-bond donors (Lipinski definition) is 0. The van der Waals surface area contributed by atoms with Crippen LogP contribution >= 0.6 is 22.9 Å². The first-order chi connectivity index (χ1) is 12.8. The number of rotatable bonds is 2. The average Bonchev–Trinajstić information content (AvgIpc) is 3.07. The fourth-order valence-electron chi connectivity index (χ4n) is 3.52. The minimum atomic E-state index is 0.763. The molecule has 0 unspecified atom stereocenters. The van der Waals surface area contributed by atoms with Crippen molar-refractivity contribution >= 4 is 43.1 Å². The second-order valence-electron chi connectivity index (χ2n) is 6.38. The van der Waals surface area contributed by atoms with Gasteiger partial charge in [-0.15, -0.1) is 11.3 Å². The summed E-state index contributed by atoms with van der Waals surface area (Å²) in [6.07, 6.45) is 0. The number of thiophene rings is 1. The molecule has 0 nitrogen and oxygen atoms in total. The van der Waals surface area contributed by atoms with Gasteiger partial charge < -0.3 is 0 Å². The average molecular weight is 371 g/mol. The van der Waals surface area contributed by atoms with Crippen LogP contribution in [0.1, 0.15) is 0 Å². The van der Waals surface area contributed by atoms with E-state index in [9.17, 15) is 0 Å². The summed E-state index contributed by atoms with van der Waals surface area (Å²) in [4.78, 5) is 0. The van der Waals surface area contributed by atoms with Crippen molar-refractivity contribution in [2.75, 3.05) is 0 Å². The molecule has 0 fully saturated rings. The topological polar surface area (TPSA) is 0 Å². The lowest BCUT2D eigenvalue weighted by molar-refractivity contribution is 1.61. The highest BCUT2D eigenvalue weighted by molar-refractivity contribution is 7.26. The lowest BCUT2D eigenvalue weighted by Crippen LogP contribution is -1.83. The third kappa shape index (κ3) is 2.61. The van der Waals surface area contributed by atoms with E-state index in [4.69, 9.17) is 11.6 Å². The minimum Gasteiger partial charge on any atom is -0.135 e. The van der Waals surface area contributed by atoms with Crippen molar-refractivity contribution in [1.82, 2.24) is 0 Å². The van der Waals surface area contributed by atoms with Gasteiger partial charge in [0.2, 0.25) is 0 Å². The predicted molar refractivity (Wildman–Crippen MR) is 115 cm³/mol. The van der Waals surface area contributed by atoms with Crippen LogP contribution in [0.2, 0.25) is 5.02 Å². The van der Waals surface area contributed by atoms with Crippen LogP contribution < -0.4 is 0 Å². The van der Waals surface area contributed by atoms with Gasteiger partial charge in [0, 0.05) is 25.2 Å². The first-order valence-electron chi connectivity index (χ1n) is 8.56. The Morgan fingerprint density at radius 1 is 0.577 bits per heavy atom. The van der Waals surface area contributed by atoms with Crippen LogP contribution in [-0.2, 0) is 0 Å². The lowest BCUT2D eigenvalue weighted by atomic mass is 9.98. The van der Waals surface area contributed by atoms with Crippen LogP contribution in [-0.4, -0.2) is 0 Å². The second kappa shape index (κ2) is 6.28. The van der Waals surface area contributed by atoms with Gasteiger partial charge in [0.05, 0.1) is 0 Å². The van der Waals surface area contributed by atoms with Gasteiger partial charge in [-0.05, 0) is 46.5 Å². The first-order valence-corrected chi connectivity index (χ1v) is 9.76. The van der Waals surface area contributed by atoms with E-state index < -0.39 is 0 Å². The highest BCUT2D eigenvalue weighted by atomic mass is 35.5. The van der Waals surface area contributed by atoms with Crippen LogP contribution in [0.4, 0.5) is 0 Å². The Bertz CT molecular complexity index is 1240. The highest BCUT2D eigenvalue weighted by Gasteiger charge is 2.11. The first kappa shape index (κ1) is 15.6. The van der Waals surface area contributed by atoms with E-state index in [0.717, 1.165) is 16.1 Å². The van der Waals surface area contributed by atoms with Crippen LogP contribution in [0.3, 0.4) is 0 Å². The molecule has 0 bridgehead atoms. The summed E-state index contributed by atoms with van der Waals surface area (Å²) in [5.41, 5.74) is 4.72. The molecule has 0 aliphatic rings. The van der Waals surface area contributed by atoms with Crippen LogP contribution in [0.5, 0.6) is 0 Å². The van der Waals surface area contributed by atoms with Crippen molar-refractivity contribution in [2.45, 2.75) is 0 Å². The Balaban J connectivity index is 1.77. The Labute approximate surface area is 161 Å². The molecule has 2 heteroatoms. The molecule has 5 aromatic rings. The third-order valence-corrected chi connectivity index (χ3v) is 6.16. The van der Waals surface area contributed by atoms with E-state index in [1.165, 1.54) is 31.3 Å². The van der Waals surface area contributed by atoms with Crippen LogP contribution in [0, 0.1) is 0 Å². The number of hydrogen-bond acceptors (Lipinski definition) is 1. The van der Waals surface area contributed by atoms with Gasteiger partial charge in [-0.25, -0.2) is 0 Å².